The molecule has 3 rings (SSSR count). The van der Waals surface area contributed by atoms with Crippen molar-refractivity contribution in [1.82, 2.24) is 14.7 Å². The maximum atomic E-state index is 12.6. The number of sulfonamides is 1. The third-order valence-electron chi connectivity index (χ3n) is 4.45. The number of ether oxygens (including phenoxy) is 3. The van der Waals surface area contributed by atoms with E-state index < -0.39 is 33.1 Å². The first-order valence-corrected chi connectivity index (χ1v) is 10.5. The number of nitrogens with one attached hydrogen (secondary N) is 1. The molecule has 1 N–H and O–H groups in total. The summed E-state index contributed by atoms with van der Waals surface area (Å²) in [4.78, 5) is 7.51. The quantitative estimate of drug-likeness (QED) is 0.696. The molecule has 8 nitrogen and oxygen atoms in total. The Bertz CT molecular complexity index is 964. The molecule has 0 unspecified atom stereocenters. The summed E-state index contributed by atoms with van der Waals surface area (Å²) in [5, 5.41) is 0. The van der Waals surface area contributed by atoms with Gasteiger partial charge in [0, 0.05) is 6.04 Å². The molecule has 0 radical (unpaired) electrons. The van der Waals surface area contributed by atoms with Crippen molar-refractivity contribution in [2.24, 2.45) is 0 Å². The van der Waals surface area contributed by atoms with E-state index in [0.29, 0.717) is 37.4 Å². The number of benzene rings is 1. The second kappa shape index (κ2) is 9.04. The van der Waals surface area contributed by atoms with Gasteiger partial charge in [0.2, 0.25) is 21.8 Å². The number of nitrogens with zero attached hydrogens (tertiary/aromatic N) is 2. The maximum absolute atomic E-state index is 12.6. The van der Waals surface area contributed by atoms with Crippen molar-refractivity contribution in [3.63, 3.8) is 0 Å². The zero-order valence-electron chi connectivity index (χ0n) is 15.9. The molecule has 1 aliphatic rings. The second-order valence-corrected chi connectivity index (χ2v) is 8.29. The van der Waals surface area contributed by atoms with Gasteiger partial charge >= 0.3 is 6.36 Å². The fourth-order valence-electron chi connectivity index (χ4n) is 3.12. The highest BCUT2D eigenvalue weighted by Gasteiger charge is 2.35. The smallest absolute Gasteiger partial charge is 0.480 e. The van der Waals surface area contributed by atoms with Crippen LogP contribution in [0.4, 0.5) is 13.2 Å². The molecular formula is C18H20F3N3O5S. The predicted molar refractivity (Wildman–Crippen MR) is 98.7 cm³/mol. The summed E-state index contributed by atoms with van der Waals surface area (Å²) in [6, 6.07) is 4.19. The van der Waals surface area contributed by atoms with Crippen molar-refractivity contribution in [2.75, 3.05) is 7.11 Å². The van der Waals surface area contributed by atoms with Gasteiger partial charge in [-0.3, -0.25) is 4.98 Å². The normalized spacial score (nSPS) is 19.9. The van der Waals surface area contributed by atoms with E-state index in [1.807, 2.05) is 0 Å². The number of aromatic nitrogens is 2. The lowest BCUT2D eigenvalue weighted by atomic mass is 9.94. The summed E-state index contributed by atoms with van der Waals surface area (Å²) in [6.45, 7) is 0. The van der Waals surface area contributed by atoms with Gasteiger partial charge in [0.1, 0.15) is 16.7 Å². The molecule has 0 aliphatic heterocycles. The topological polar surface area (TPSA) is 99.6 Å². The molecule has 0 atom stereocenters. The van der Waals surface area contributed by atoms with E-state index >= 15 is 0 Å². The maximum Gasteiger partial charge on any atom is 0.573 e. The average Bonchev–Trinajstić information content (AvgIpc) is 2.68. The van der Waals surface area contributed by atoms with Crippen molar-refractivity contribution in [2.45, 2.75) is 49.1 Å². The Hall–Kier alpha value is -2.60. The molecule has 1 aromatic heterocycles. The van der Waals surface area contributed by atoms with Crippen LogP contribution in [0.3, 0.4) is 0 Å². The zero-order valence-corrected chi connectivity index (χ0v) is 16.7. The van der Waals surface area contributed by atoms with E-state index in [2.05, 4.69) is 19.4 Å². The summed E-state index contributed by atoms with van der Waals surface area (Å²) < 4.78 is 80.0. The van der Waals surface area contributed by atoms with Crippen molar-refractivity contribution in [3.8, 4) is 17.5 Å². The highest BCUT2D eigenvalue weighted by Crippen LogP contribution is 2.30. The lowest BCUT2D eigenvalue weighted by Crippen LogP contribution is -2.40. The van der Waals surface area contributed by atoms with Crippen LogP contribution in [0.2, 0.25) is 0 Å². The van der Waals surface area contributed by atoms with Crippen molar-refractivity contribution >= 4 is 10.0 Å². The summed E-state index contributed by atoms with van der Waals surface area (Å²) in [7, 11) is -2.74. The molecule has 1 aromatic carbocycles. The lowest BCUT2D eigenvalue weighted by Gasteiger charge is -2.29. The SMILES string of the molecule is COc1cncc(OC2CCC(NS(=O)(=O)c3ccccc3OC(F)(F)F)CC2)n1. The first-order valence-electron chi connectivity index (χ1n) is 9.06. The standard InChI is InChI=1S/C18H20F3N3O5S/c1-27-16-10-22-11-17(23-16)28-13-8-6-12(7-9-13)24-30(25,26)15-5-3-2-4-14(15)29-18(19,20)21/h2-5,10-13,24H,6-9H2,1H3. The van der Waals surface area contributed by atoms with Gasteiger partial charge in [-0.25, -0.2) is 13.1 Å². The number of para-hydroxylation sites is 1. The Morgan fingerprint density at radius 1 is 1.07 bits per heavy atom. The van der Waals surface area contributed by atoms with Crippen LogP contribution in [0.25, 0.3) is 0 Å². The minimum absolute atomic E-state index is 0.187. The molecule has 30 heavy (non-hydrogen) atoms. The predicted octanol–water partition coefficient (Wildman–Crippen LogP) is 3.05. The first kappa shape index (κ1) is 22.1. The third-order valence-corrected chi connectivity index (χ3v) is 6.01. The summed E-state index contributed by atoms with van der Waals surface area (Å²) in [5.74, 6) is -0.156. The van der Waals surface area contributed by atoms with Crippen molar-refractivity contribution in [1.29, 1.82) is 0 Å². The van der Waals surface area contributed by atoms with Crippen LogP contribution in [0.1, 0.15) is 25.7 Å². The van der Waals surface area contributed by atoms with Gasteiger partial charge in [-0.05, 0) is 37.8 Å². The molecule has 0 saturated heterocycles. The number of rotatable bonds is 7. The molecule has 1 saturated carbocycles. The summed E-state index contributed by atoms with van der Waals surface area (Å²) in [5.41, 5.74) is 0. The van der Waals surface area contributed by atoms with Gasteiger partial charge in [0.25, 0.3) is 0 Å². The third kappa shape index (κ3) is 5.95. The Kier molecular flexibility index (Phi) is 6.66. The molecule has 0 spiro atoms. The largest absolute Gasteiger partial charge is 0.573 e. The van der Waals surface area contributed by atoms with Crippen molar-refractivity contribution in [3.05, 3.63) is 36.7 Å². The van der Waals surface area contributed by atoms with Crippen LogP contribution < -0.4 is 18.9 Å². The molecule has 0 bridgehead atoms. The van der Waals surface area contributed by atoms with Crippen LogP contribution in [0.15, 0.2) is 41.6 Å². The highest BCUT2D eigenvalue weighted by molar-refractivity contribution is 7.89. The van der Waals surface area contributed by atoms with Gasteiger partial charge in [-0.1, -0.05) is 12.1 Å². The van der Waals surface area contributed by atoms with E-state index in [4.69, 9.17) is 9.47 Å². The molecule has 1 heterocycles. The van der Waals surface area contributed by atoms with E-state index in [1.165, 1.54) is 31.6 Å². The van der Waals surface area contributed by atoms with E-state index in [-0.39, 0.29) is 6.10 Å². The minimum atomic E-state index is -5.00. The van der Waals surface area contributed by atoms with Gasteiger partial charge in [0.05, 0.1) is 19.5 Å². The van der Waals surface area contributed by atoms with E-state index in [1.54, 1.807) is 0 Å². The molecule has 1 fully saturated rings. The number of hydrogen-bond donors (Lipinski definition) is 1. The van der Waals surface area contributed by atoms with Crippen LogP contribution in [-0.4, -0.2) is 44.0 Å². The fourth-order valence-corrected chi connectivity index (χ4v) is 4.55. The molecular weight excluding hydrogens is 427 g/mol. The molecule has 0 amide bonds. The van der Waals surface area contributed by atoms with Crippen molar-refractivity contribution < 1.29 is 35.8 Å². The Labute approximate surface area is 171 Å². The second-order valence-electron chi connectivity index (χ2n) is 6.61. The summed E-state index contributed by atoms with van der Waals surface area (Å²) in [6.07, 6.45) is -0.321. The highest BCUT2D eigenvalue weighted by atomic mass is 32.2. The molecule has 1 aliphatic carbocycles. The monoisotopic (exact) mass is 447 g/mol. The van der Waals surface area contributed by atoms with Gasteiger partial charge in [-0.15, -0.1) is 13.2 Å². The zero-order chi connectivity index (χ0) is 21.8. The first-order chi connectivity index (χ1) is 14.2. The van der Waals surface area contributed by atoms with E-state index in [9.17, 15) is 21.6 Å². The number of halogens is 3. The number of methoxy groups -OCH3 is 1. The Balaban J connectivity index is 1.60. The molecule has 164 valence electrons. The Morgan fingerprint density at radius 2 is 1.73 bits per heavy atom. The van der Waals surface area contributed by atoms with Crippen LogP contribution in [0, 0.1) is 0 Å². The van der Waals surface area contributed by atoms with Gasteiger partial charge in [-0.2, -0.15) is 4.98 Å². The average molecular weight is 447 g/mol. The Morgan fingerprint density at radius 3 is 2.40 bits per heavy atom. The minimum Gasteiger partial charge on any atom is -0.480 e. The number of alkyl halides is 3. The number of hydrogen-bond acceptors (Lipinski definition) is 7. The summed E-state index contributed by atoms with van der Waals surface area (Å²) >= 11 is 0. The molecule has 2 aromatic rings. The van der Waals surface area contributed by atoms with Gasteiger partial charge in [0.15, 0.2) is 0 Å². The van der Waals surface area contributed by atoms with Crippen LogP contribution in [-0.2, 0) is 10.0 Å². The lowest BCUT2D eigenvalue weighted by molar-refractivity contribution is -0.275. The van der Waals surface area contributed by atoms with Gasteiger partial charge < -0.3 is 14.2 Å². The fraction of sp³-hybridized carbons (Fsp3) is 0.444. The molecule has 12 heteroatoms. The van der Waals surface area contributed by atoms with Crippen LogP contribution in [0.5, 0.6) is 17.5 Å². The van der Waals surface area contributed by atoms with Crippen LogP contribution >= 0.6 is 0 Å². The van der Waals surface area contributed by atoms with E-state index in [0.717, 1.165) is 12.1 Å².